The molecule has 0 unspecified atom stereocenters. The molecule has 0 radical (unpaired) electrons. The number of ketones is 1. The number of hydrogen-bond donors (Lipinski definition) is 1. The van der Waals surface area contributed by atoms with Crippen molar-refractivity contribution in [2.75, 3.05) is 19.0 Å². The van der Waals surface area contributed by atoms with Gasteiger partial charge in [-0.25, -0.2) is 4.79 Å². The van der Waals surface area contributed by atoms with E-state index in [9.17, 15) is 9.59 Å². The third kappa shape index (κ3) is 9.28. The van der Waals surface area contributed by atoms with Crippen LogP contribution < -0.4 is 5.32 Å². The van der Waals surface area contributed by atoms with Gasteiger partial charge in [0.15, 0.2) is 5.78 Å². The summed E-state index contributed by atoms with van der Waals surface area (Å²) in [6.45, 7) is 2.49. The van der Waals surface area contributed by atoms with Crippen LogP contribution in [-0.4, -0.2) is 25.4 Å². The van der Waals surface area contributed by atoms with E-state index in [4.69, 9.17) is 4.74 Å². The number of benzene rings is 1. The third-order valence-corrected chi connectivity index (χ3v) is 4.37. The topological polar surface area (TPSA) is 55.4 Å². The highest BCUT2D eigenvalue weighted by Gasteiger charge is 2.11. The fourth-order valence-corrected chi connectivity index (χ4v) is 2.84. The van der Waals surface area contributed by atoms with Crippen molar-refractivity contribution in [1.82, 2.24) is 0 Å². The highest BCUT2D eigenvalue weighted by molar-refractivity contribution is 5.96. The zero-order valence-corrected chi connectivity index (χ0v) is 15.8. The smallest absolute Gasteiger partial charge is 0.339 e. The number of Topliss-reactive ketones (excluding diaryl/α,β-unsaturated/α-hetero) is 1. The van der Waals surface area contributed by atoms with Crippen LogP contribution in [0.1, 0.15) is 81.5 Å². The summed E-state index contributed by atoms with van der Waals surface area (Å²) in [4.78, 5) is 23.7. The van der Waals surface area contributed by atoms with Crippen LogP contribution in [0, 0.1) is 0 Å². The Morgan fingerprint density at radius 3 is 2.16 bits per heavy atom. The van der Waals surface area contributed by atoms with E-state index in [-0.39, 0.29) is 12.3 Å². The minimum atomic E-state index is -0.394. The summed E-state index contributed by atoms with van der Waals surface area (Å²) in [6, 6.07) is 7.10. The molecule has 1 aromatic rings. The molecule has 0 atom stereocenters. The van der Waals surface area contributed by atoms with Crippen molar-refractivity contribution in [3.8, 4) is 0 Å². The Bertz CT molecular complexity index is 514. The summed E-state index contributed by atoms with van der Waals surface area (Å²) in [7, 11) is 1.36. The number of carbonyl (C=O) groups is 2. The van der Waals surface area contributed by atoms with Gasteiger partial charge < -0.3 is 10.1 Å². The molecule has 1 rings (SSSR count). The van der Waals surface area contributed by atoms with Gasteiger partial charge in [-0.15, -0.1) is 0 Å². The number of hydrogen-bond acceptors (Lipinski definition) is 4. The summed E-state index contributed by atoms with van der Waals surface area (Å²) in [5, 5.41) is 3.06. The first kappa shape index (κ1) is 21.2. The van der Waals surface area contributed by atoms with Crippen molar-refractivity contribution in [2.45, 2.75) is 71.1 Å². The third-order valence-electron chi connectivity index (χ3n) is 4.37. The zero-order chi connectivity index (χ0) is 18.3. The molecule has 0 aromatic heterocycles. The van der Waals surface area contributed by atoms with Crippen molar-refractivity contribution >= 4 is 17.4 Å². The molecule has 25 heavy (non-hydrogen) atoms. The maximum Gasteiger partial charge on any atom is 0.339 e. The number of ether oxygens (including phenoxy) is 1. The van der Waals surface area contributed by atoms with Gasteiger partial charge in [-0.2, -0.15) is 0 Å². The van der Waals surface area contributed by atoms with Crippen LogP contribution in [0.3, 0.4) is 0 Å². The molecule has 0 amide bonds. The molecular weight excluding hydrogens is 314 g/mol. The Balaban J connectivity index is 2.14. The number of unbranched alkanes of at least 4 members (excludes halogenated alkanes) is 8. The molecule has 0 aliphatic carbocycles. The number of carbonyl (C=O) groups excluding carboxylic acids is 2. The fourth-order valence-electron chi connectivity index (χ4n) is 2.84. The van der Waals surface area contributed by atoms with Crippen LogP contribution in [0.4, 0.5) is 5.69 Å². The lowest BCUT2D eigenvalue weighted by molar-refractivity contribution is -0.117. The molecular formula is C21H33NO3. The number of esters is 1. The molecule has 1 aromatic carbocycles. The van der Waals surface area contributed by atoms with Gasteiger partial charge in [0.05, 0.1) is 19.2 Å². The Labute approximate surface area is 152 Å². The SMILES string of the molecule is CCCCCCCCCCCC(=O)CNc1ccccc1C(=O)OC. The molecule has 0 aliphatic heterocycles. The van der Waals surface area contributed by atoms with Gasteiger partial charge in [-0.05, 0) is 18.6 Å². The average Bonchev–Trinajstić information content (AvgIpc) is 2.64. The van der Waals surface area contributed by atoms with E-state index in [1.807, 2.05) is 6.07 Å². The average molecular weight is 347 g/mol. The van der Waals surface area contributed by atoms with E-state index in [1.54, 1.807) is 18.2 Å². The minimum Gasteiger partial charge on any atom is -0.465 e. The molecule has 140 valence electrons. The van der Waals surface area contributed by atoms with E-state index in [1.165, 1.54) is 52.1 Å². The van der Waals surface area contributed by atoms with Gasteiger partial charge in [0.25, 0.3) is 0 Å². The molecule has 0 saturated carbocycles. The highest BCUT2D eigenvalue weighted by atomic mass is 16.5. The van der Waals surface area contributed by atoms with Gasteiger partial charge in [-0.1, -0.05) is 70.4 Å². The molecule has 4 heteroatoms. The van der Waals surface area contributed by atoms with Gasteiger partial charge in [-0.3, -0.25) is 4.79 Å². The lowest BCUT2D eigenvalue weighted by Gasteiger charge is -2.10. The van der Waals surface area contributed by atoms with Crippen LogP contribution in [0.25, 0.3) is 0 Å². The first-order valence-electron chi connectivity index (χ1n) is 9.62. The fraction of sp³-hybridized carbons (Fsp3) is 0.619. The summed E-state index contributed by atoms with van der Waals surface area (Å²) < 4.78 is 4.75. The molecule has 0 heterocycles. The number of para-hydroxylation sites is 1. The van der Waals surface area contributed by atoms with Crippen molar-refractivity contribution in [2.24, 2.45) is 0 Å². The van der Waals surface area contributed by atoms with E-state index >= 15 is 0 Å². The van der Waals surface area contributed by atoms with Gasteiger partial charge in [0, 0.05) is 12.1 Å². The number of nitrogens with one attached hydrogen (secondary N) is 1. The molecule has 0 spiro atoms. The van der Waals surface area contributed by atoms with Crippen LogP contribution in [0.15, 0.2) is 24.3 Å². The first-order chi connectivity index (χ1) is 12.2. The second-order valence-corrected chi connectivity index (χ2v) is 6.51. The van der Waals surface area contributed by atoms with Crippen LogP contribution in [-0.2, 0) is 9.53 Å². The van der Waals surface area contributed by atoms with Crippen molar-refractivity contribution in [3.05, 3.63) is 29.8 Å². The van der Waals surface area contributed by atoms with Gasteiger partial charge in [0.1, 0.15) is 0 Å². The van der Waals surface area contributed by atoms with Crippen LogP contribution in [0.5, 0.6) is 0 Å². The summed E-state index contributed by atoms with van der Waals surface area (Å²) in [5.41, 5.74) is 1.11. The molecule has 0 aliphatic rings. The predicted molar refractivity (Wildman–Crippen MR) is 103 cm³/mol. The molecule has 4 nitrogen and oxygen atoms in total. The monoisotopic (exact) mass is 347 g/mol. The Hall–Kier alpha value is -1.84. The second kappa shape index (κ2) is 13.5. The molecule has 0 bridgehead atoms. The highest BCUT2D eigenvalue weighted by Crippen LogP contribution is 2.16. The predicted octanol–water partition coefficient (Wildman–Crippen LogP) is 5.38. The summed E-state index contributed by atoms with van der Waals surface area (Å²) >= 11 is 0. The van der Waals surface area contributed by atoms with E-state index in [0.29, 0.717) is 17.7 Å². The molecule has 0 fully saturated rings. The van der Waals surface area contributed by atoms with E-state index in [2.05, 4.69) is 12.2 Å². The van der Waals surface area contributed by atoms with Gasteiger partial charge >= 0.3 is 5.97 Å². The Kier molecular flexibility index (Phi) is 11.4. The van der Waals surface area contributed by atoms with Crippen molar-refractivity contribution < 1.29 is 14.3 Å². The second-order valence-electron chi connectivity index (χ2n) is 6.51. The zero-order valence-electron chi connectivity index (χ0n) is 15.8. The van der Waals surface area contributed by atoms with Crippen molar-refractivity contribution in [3.63, 3.8) is 0 Å². The van der Waals surface area contributed by atoms with E-state index in [0.717, 1.165) is 12.8 Å². The summed E-state index contributed by atoms with van der Waals surface area (Å²) in [5.74, 6) is -0.211. The minimum absolute atomic E-state index is 0.183. The summed E-state index contributed by atoms with van der Waals surface area (Å²) in [6.07, 6.45) is 11.8. The number of rotatable bonds is 14. The van der Waals surface area contributed by atoms with Crippen LogP contribution >= 0.6 is 0 Å². The molecule has 0 saturated heterocycles. The van der Waals surface area contributed by atoms with Gasteiger partial charge in [0.2, 0.25) is 0 Å². The van der Waals surface area contributed by atoms with Crippen molar-refractivity contribution in [1.29, 1.82) is 0 Å². The maximum absolute atomic E-state index is 12.0. The van der Waals surface area contributed by atoms with E-state index < -0.39 is 5.97 Å². The standard InChI is InChI=1S/C21H33NO3/c1-3-4-5-6-7-8-9-10-11-14-18(23)17-22-20-16-13-12-15-19(20)21(24)25-2/h12-13,15-16,22H,3-11,14,17H2,1-2H3. The first-order valence-corrected chi connectivity index (χ1v) is 9.62. The lowest BCUT2D eigenvalue weighted by Crippen LogP contribution is -2.16. The number of anilines is 1. The normalized spacial score (nSPS) is 10.5. The maximum atomic E-state index is 12.0. The Morgan fingerprint density at radius 2 is 1.52 bits per heavy atom. The lowest BCUT2D eigenvalue weighted by atomic mass is 10.1. The number of methoxy groups -OCH3 is 1. The Morgan fingerprint density at radius 1 is 0.920 bits per heavy atom. The largest absolute Gasteiger partial charge is 0.465 e. The van der Waals surface area contributed by atoms with Crippen LogP contribution in [0.2, 0.25) is 0 Å². The quantitative estimate of drug-likeness (QED) is 0.363. The molecule has 1 N–H and O–H groups in total.